The van der Waals surface area contributed by atoms with Gasteiger partial charge in [0, 0.05) is 37.1 Å². The summed E-state index contributed by atoms with van der Waals surface area (Å²) in [6.45, 7) is 4.54. The predicted molar refractivity (Wildman–Crippen MR) is 77.0 cm³/mol. The van der Waals surface area contributed by atoms with Crippen molar-refractivity contribution in [3.8, 4) is 0 Å². The van der Waals surface area contributed by atoms with Gasteiger partial charge in [-0.3, -0.25) is 4.79 Å². The summed E-state index contributed by atoms with van der Waals surface area (Å²) in [5, 5.41) is 4.02. The third kappa shape index (κ3) is 3.26. The molecule has 0 aromatic heterocycles. The highest BCUT2D eigenvalue weighted by molar-refractivity contribution is 6.30. The number of hydrogen-bond donors (Lipinski definition) is 2. The summed E-state index contributed by atoms with van der Waals surface area (Å²) in [5.41, 5.74) is 6.67. The van der Waals surface area contributed by atoms with E-state index in [9.17, 15) is 4.79 Å². The highest BCUT2D eigenvalue weighted by Gasteiger charge is 2.30. The van der Waals surface area contributed by atoms with Gasteiger partial charge in [0.1, 0.15) is 0 Å². The minimum absolute atomic E-state index is 0.0361. The number of hydrogen-bond acceptors (Lipinski definition) is 3. The van der Waals surface area contributed by atoms with Crippen molar-refractivity contribution < 1.29 is 4.79 Å². The molecule has 5 heteroatoms. The highest BCUT2D eigenvalue weighted by atomic mass is 35.5. The molecule has 0 aliphatic carbocycles. The molecular weight excluding hydrogens is 262 g/mol. The zero-order valence-electron chi connectivity index (χ0n) is 11.1. The lowest BCUT2D eigenvalue weighted by atomic mass is 10.0. The smallest absolute Gasteiger partial charge is 0.227 e. The van der Waals surface area contributed by atoms with Crippen LogP contribution in [0.3, 0.4) is 0 Å². The molecule has 0 spiro atoms. The van der Waals surface area contributed by atoms with E-state index in [1.54, 1.807) is 0 Å². The number of halogens is 1. The Morgan fingerprint density at radius 3 is 3.11 bits per heavy atom. The minimum atomic E-state index is -0.139. The second-order valence-electron chi connectivity index (χ2n) is 4.94. The zero-order valence-corrected chi connectivity index (χ0v) is 11.9. The number of carbonyl (C=O) groups is 1. The van der Waals surface area contributed by atoms with Crippen molar-refractivity contribution in [3.63, 3.8) is 0 Å². The highest BCUT2D eigenvalue weighted by Crippen LogP contribution is 2.25. The normalized spacial score (nSPS) is 21.2. The molecule has 1 saturated heterocycles. The molecule has 2 unspecified atom stereocenters. The zero-order chi connectivity index (χ0) is 13.8. The van der Waals surface area contributed by atoms with Crippen molar-refractivity contribution in [1.29, 1.82) is 0 Å². The molecule has 1 amide bonds. The van der Waals surface area contributed by atoms with Crippen molar-refractivity contribution >= 4 is 17.5 Å². The fourth-order valence-electron chi connectivity index (χ4n) is 2.36. The van der Waals surface area contributed by atoms with E-state index in [1.165, 1.54) is 0 Å². The fourth-order valence-corrected chi connectivity index (χ4v) is 2.56. The summed E-state index contributed by atoms with van der Waals surface area (Å²) in [7, 11) is 0. The third-order valence-electron chi connectivity index (χ3n) is 3.54. The maximum Gasteiger partial charge on any atom is 0.227 e. The van der Waals surface area contributed by atoms with Gasteiger partial charge in [0.25, 0.3) is 0 Å². The van der Waals surface area contributed by atoms with E-state index < -0.39 is 0 Å². The first-order valence-electron chi connectivity index (χ1n) is 6.60. The van der Waals surface area contributed by atoms with Crippen LogP contribution in [0.2, 0.25) is 5.02 Å². The summed E-state index contributed by atoms with van der Waals surface area (Å²) >= 11 is 6.04. The van der Waals surface area contributed by atoms with E-state index in [4.69, 9.17) is 17.3 Å². The Kier molecular flexibility index (Phi) is 4.80. The quantitative estimate of drug-likeness (QED) is 0.881. The topological polar surface area (TPSA) is 58.4 Å². The Morgan fingerprint density at radius 2 is 2.42 bits per heavy atom. The van der Waals surface area contributed by atoms with Crippen molar-refractivity contribution in [2.24, 2.45) is 11.7 Å². The number of nitrogens with zero attached hydrogens (tertiary/aromatic N) is 1. The van der Waals surface area contributed by atoms with Crippen LogP contribution < -0.4 is 11.1 Å². The molecule has 1 heterocycles. The first-order chi connectivity index (χ1) is 9.13. The lowest BCUT2D eigenvalue weighted by Gasteiger charge is -2.38. The summed E-state index contributed by atoms with van der Waals surface area (Å²) in [6, 6.07) is 7.73. The van der Waals surface area contributed by atoms with Gasteiger partial charge in [0.15, 0.2) is 0 Å². The van der Waals surface area contributed by atoms with E-state index in [1.807, 2.05) is 36.1 Å². The van der Waals surface area contributed by atoms with Gasteiger partial charge >= 0.3 is 0 Å². The summed E-state index contributed by atoms with van der Waals surface area (Å²) in [6.07, 6.45) is 0. The van der Waals surface area contributed by atoms with E-state index in [0.717, 1.165) is 18.7 Å². The van der Waals surface area contributed by atoms with Gasteiger partial charge in [0.2, 0.25) is 5.91 Å². The van der Waals surface area contributed by atoms with Crippen LogP contribution in [0, 0.1) is 5.92 Å². The molecule has 2 rings (SSSR count). The molecule has 104 valence electrons. The van der Waals surface area contributed by atoms with Gasteiger partial charge in [0.05, 0.1) is 6.04 Å². The Bertz CT molecular complexity index is 452. The molecule has 19 heavy (non-hydrogen) atoms. The predicted octanol–water partition coefficient (Wildman–Crippen LogP) is 1.41. The summed E-state index contributed by atoms with van der Waals surface area (Å²) in [5.74, 6) is -0.0197. The molecule has 1 aromatic carbocycles. The number of carbonyl (C=O) groups excluding carboxylic acids is 1. The first kappa shape index (κ1) is 14.3. The standard InChI is InChI=1S/C14H20ClN3O/c1-10(8-16)14(19)18-6-5-17-9-13(18)11-3-2-4-12(15)7-11/h2-4,7,10,13,17H,5-6,8-9,16H2,1H3. The van der Waals surface area contributed by atoms with E-state index in [0.29, 0.717) is 18.1 Å². The molecule has 1 aliphatic heterocycles. The van der Waals surface area contributed by atoms with E-state index >= 15 is 0 Å². The Balaban J connectivity index is 2.23. The second-order valence-corrected chi connectivity index (χ2v) is 5.38. The van der Waals surface area contributed by atoms with Gasteiger partial charge in [-0.15, -0.1) is 0 Å². The van der Waals surface area contributed by atoms with Crippen molar-refractivity contribution in [2.45, 2.75) is 13.0 Å². The first-order valence-corrected chi connectivity index (χ1v) is 6.98. The molecule has 0 saturated carbocycles. The minimum Gasteiger partial charge on any atom is -0.333 e. The van der Waals surface area contributed by atoms with Crippen LogP contribution in [-0.4, -0.2) is 37.0 Å². The van der Waals surface area contributed by atoms with Crippen LogP contribution in [0.4, 0.5) is 0 Å². The average molecular weight is 282 g/mol. The van der Waals surface area contributed by atoms with Gasteiger partial charge in [-0.25, -0.2) is 0 Å². The lowest BCUT2D eigenvalue weighted by molar-refractivity contribution is -0.138. The Labute approximate surface area is 118 Å². The third-order valence-corrected chi connectivity index (χ3v) is 3.77. The molecule has 1 aromatic rings. The van der Waals surface area contributed by atoms with Gasteiger partial charge in [-0.2, -0.15) is 0 Å². The van der Waals surface area contributed by atoms with Crippen LogP contribution >= 0.6 is 11.6 Å². The molecule has 3 N–H and O–H groups in total. The largest absolute Gasteiger partial charge is 0.333 e. The number of piperazine rings is 1. The van der Waals surface area contributed by atoms with E-state index in [2.05, 4.69) is 5.32 Å². The van der Waals surface area contributed by atoms with Crippen molar-refractivity contribution in [1.82, 2.24) is 10.2 Å². The summed E-state index contributed by atoms with van der Waals surface area (Å²) < 4.78 is 0. The maximum absolute atomic E-state index is 12.4. The fraction of sp³-hybridized carbons (Fsp3) is 0.500. The van der Waals surface area contributed by atoms with Crippen molar-refractivity contribution in [3.05, 3.63) is 34.9 Å². The average Bonchev–Trinajstić information content (AvgIpc) is 2.45. The number of nitrogens with two attached hydrogens (primary N) is 1. The SMILES string of the molecule is CC(CN)C(=O)N1CCNCC1c1cccc(Cl)c1. The number of rotatable bonds is 3. The van der Waals surface area contributed by atoms with Gasteiger partial charge in [-0.05, 0) is 17.7 Å². The molecule has 0 bridgehead atoms. The number of benzene rings is 1. The number of nitrogens with one attached hydrogen (secondary N) is 1. The van der Waals surface area contributed by atoms with Crippen LogP contribution in [0.15, 0.2) is 24.3 Å². The van der Waals surface area contributed by atoms with Crippen LogP contribution in [0.25, 0.3) is 0 Å². The summed E-state index contributed by atoms with van der Waals surface area (Å²) in [4.78, 5) is 14.3. The van der Waals surface area contributed by atoms with Gasteiger partial charge in [-0.1, -0.05) is 30.7 Å². The lowest BCUT2D eigenvalue weighted by Crippen LogP contribution is -2.51. The van der Waals surface area contributed by atoms with Crippen LogP contribution in [-0.2, 0) is 4.79 Å². The molecule has 0 radical (unpaired) electrons. The number of amides is 1. The van der Waals surface area contributed by atoms with E-state index in [-0.39, 0.29) is 17.9 Å². The molecular formula is C14H20ClN3O. The van der Waals surface area contributed by atoms with Gasteiger partial charge < -0.3 is 16.0 Å². The van der Waals surface area contributed by atoms with Crippen molar-refractivity contribution in [2.75, 3.05) is 26.2 Å². The van der Waals surface area contributed by atoms with Crippen LogP contribution in [0.5, 0.6) is 0 Å². The molecule has 1 aliphatic rings. The monoisotopic (exact) mass is 281 g/mol. The Morgan fingerprint density at radius 1 is 1.63 bits per heavy atom. The Hall–Kier alpha value is -1.10. The second kappa shape index (κ2) is 6.37. The van der Waals surface area contributed by atoms with Crippen LogP contribution in [0.1, 0.15) is 18.5 Å². The molecule has 1 fully saturated rings. The molecule has 4 nitrogen and oxygen atoms in total. The molecule has 2 atom stereocenters. The maximum atomic E-state index is 12.4.